The third-order valence-electron chi connectivity index (χ3n) is 8.89. The van der Waals surface area contributed by atoms with Crippen molar-refractivity contribution >= 4 is 5.69 Å². The first kappa shape index (κ1) is 21.0. The molecule has 2 heteroatoms. The number of rotatable bonds is 3. The Balaban J connectivity index is 1.59. The largest absolute Gasteiger partial charge is 0.351 e. The number of hydrogen-bond donors (Lipinski definition) is 0. The van der Waals surface area contributed by atoms with Gasteiger partial charge in [0.25, 0.3) is 0 Å². The van der Waals surface area contributed by atoms with E-state index in [1.165, 1.54) is 60.0 Å². The molecule has 2 heterocycles. The molecule has 3 aromatic rings. The maximum Gasteiger partial charge on any atom is 0.0868 e. The lowest BCUT2D eigenvalue weighted by atomic mass is 9.81. The molecule has 0 bridgehead atoms. The van der Waals surface area contributed by atoms with E-state index in [1.807, 2.05) is 0 Å². The Morgan fingerprint density at radius 1 is 0.788 bits per heavy atom. The van der Waals surface area contributed by atoms with Crippen molar-refractivity contribution in [1.82, 2.24) is 4.90 Å². The highest BCUT2D eigenvalue weighted by atomic mass is 15.5. The van der Waals surface area contributed by atoms with Gasteiger partial charge >= 0.3 is 0 Å². The monoisotopic (exact) mass is 436 g/mol. The van der Waals surface area contributed by atoms with Crippen LogP contribution in [0.25, 0.3) is 0 Å². The van der Waals surface area contributed by atoms with E-state index in [1.54, 1.807) is 0 Å². The van der Waals surface area contributed by atoms with Crippen LogP contribution in [0.5, 0.6) is 0 Å². The van der Waals surface area contributed by atoms with Gasteiger partial charge in [0, 0.05) is 11.7 Å². The molecule has 1 saturated carbocycles. The van der Waals surface area contributed by atoms with E-state index in [2.05, 4.69) is 109 Å². The van der Waals surface area contributed by atoms with E-state index < -0.39 is 0 Å². The molecule has 0 radical (unpaired) electrons. The highest BCUT2D eigenvalue weighted by molar-refractivity contribution is 5.60. The molecule has 0 N–H and O–H groups in total. The Hall–Kier alpha value is -2.58. The lowest BCUT2D eigenvalue weighted by molar-refractivity contribution is 0.0570. The third-order valence-corrected chi connectivity index (χ3v) is 8.89. The minimum absolute atomic E-state index is 0.129. The summed E-state index contributed by atoms with van der Waals surface area (Å²) in [5.41, 5.74) is 7.12. The lowest BCUT2D eigenvalue weighted by Gasteiger charge is -2.46. The zero-order valence-electron chi connectivity index (χ0n) is 20.2. The number of aryl methyl sites for hydroxylation is 1. The second kappa shape index (κ2) is 8.02. The summed E-state index contributed by atoms with van der Waals surface area (Å²) in [6, 6.07) is 30.4. The zero-order chi connectivity index (χ0) is 22.6. The SMILES string of the molecule is Cc1ccccc1N1C(C2CCCCC2)N2C(c3ccccc3C2(C)c2ccccc2)[C@@H]1C. The first-order valence-corrected chi connectivity index (χ1v) is 12.9. The molecule has 6 rings (SSSR count). The third kappa shape index (κ3) is 3.03. The average Bonchev–Trinajstić information content (AvgIpc) is 3.32. The van der Waals surface area contributed by atoms with Crippen LogP contribution in [0.1, 0.15) is 74.2 Å². The fraction of sp³-hybridized carbons (Fsp3) is 0.419. The fourth-order valence-corrected chi connectivity index (χ4v) is 7.38. The van der Waals surface area contributed by atoms with Crippen molar-refractivity contribution in [1.29, 1.82) is 0 Å². The minimum atomic E-state index is -0.129. The van der Waals surface area contributed by atoms with Gasteiger partial charge in [-0.25, -0.2) is 0 Å². The molecule has 0 spiro atoms. The smallest absolute Gasteiger partial charge is 0.0868 e. The van der Waals surface area contributed by atoms with Crippen LogP contribution < -0.4 is 4.90 Å². The predicted molar refractivity (Wildman–Crippen MR) is 137 cm³/mol. The second-order valence-electron chi connectivity index (χ2n) is 10.6. The van der Waals surface area contributed by atoms with Crippen molar-refractivity contribution < 1.29 is 0 Å². The Labute approximate surface area is 199 Å². The summed E-state index contributed by atoms with van der Waals surface area (Å²) in [5, 5.41) is 0. The summed E-state index contributed by atoms with van der Waals surface area (Å²) >= 11 is 0. The maximum absolute atomic E-state index is 2.93. The summed E-state index contributed by atoms with van der Waals surface area (Å²) in [6.07, 6.45) is 7.20. The van der Waals surface area contributed by atoms with Crippen molar-refractivity contribution in [3.63, 3.8) is 0 Å². The second-order valence-corrected chi connectivity index (χ2v) is 10.6. The van der Waals surface area contributed by atoms with E-state index >= 15 is 0 Å². The van der Waals surface area contributed by atoms with Crippen molar-refractivity contribution in [2.24, 2.45) is 5.92 Å². The van der Waals surface area contributed by atoms with Gasteiger partial charge < -0.3 is 4.90 Å². The van der Waals surface area contributed by atoms with E-state index in [9.17, 15) is 0 Å². The van der Waals surface area contributed by atoms with Crippen molar-refractivity contribution in [2.45, 2.75) is 76.7 Å². The number of hydrogen-bond acceptors (Lipinski definition) is 2. The summed E-state index contributed by atoms with van der Waals surface area (Å²) in [4.78, 5) is 5.74. The Morgan fingerprint density at radius 3 is 2.21 bits per heavy atom. The molecule has 170 valence electrons. The molecule has 3 aromatic carbocycles. The van der Waals surface area contributed by atoms with Gasteiger partial charge in [0.15, 0.2) is 0 Å². The number of anilines is 1. The zero-order valence-corrected chi connectivity index (χ0v) is 20.2. The normalized spacial score (nSPS) is 29.8. The summed E-state index contributed by atoms with van der Waals surface area (Å²) in [7, 11) is 0. The van der Waals surface area contributed by atoms with Gasteiger partial charge in [0.1, 0.15) is 0 Å². The molecule has 33 heavy (non-hydrogen) atoms. The Bertz CT molecular complexity index is 1130. The first-order chi connectivity index (χ1) is 16.1. The number of fused-ring (bicyclic) bond motifs is 3. The number of nitrogens with zero attached hydrogens (tertiary/aromatic N) is 2. The maximum atomic E-state index is 2.93. The predicted octanol–water partition coefficient (Wildman–Crippen LogP) is 7.43. The van der Waals surface area contributed by atoms with Crippen LogP contribution >= 0.6 is 0 Å². The van der Waals surface area contributed by atoms with Gasteiger partial charge in [-0.05, 0) is 67.9 Å². The fourth-order valence-electron chi connectivity index (χ4n) is 7.38. The van der Waals surface area contributed by atoms with Crippen LogP contribution in [0.15, 0.2) is 78.9 Å². The molecule has 2 aliphatic heterocycles. The topological polar surface area (TPSA) is 6.48 Å². The van der Waals surface area contributed by atoms with Gasteiger partial charge in [-0.3, -0.25) is 4.90 Å². The molecule has 2 fully saturated rings. The minimum Gasteiger partial charge on any atom is -0.351 e. The van der Waals surface area contributed by atoms with E-state index in [0.717, 1.165) is 0 Å². The van der Waals surface area contributed by atoms with Gasteiger partial charge in [0.05, 0.1) is 17.7 Å². The average molecular weight is 437 g/mol. The number of para-hydroxylation sites is 1. The molecule has 3 aliphatic rings. The van der Waals surface area contributed by atoms with Crippen molar-refractivity contribution in [3.8, 4) is 0 Å². The summed E-state index contributed by atoms with van der Waals surface area (Å²) < 4.78 is 0. The van der Waals surface area contributed by atoms with E-state index in [-0.39, 0.29) is 5.54 Å². The molecule has 1 saturated heterocycles. The molecule has 3 unspecified atom stereocenters. The van der Waals surface area contributed by atoms with Crippen LogP contribution in [0.3, 0.4) is 0 Å². The van der Waals surface area contributed by atoms with Crippen LogP contribution in [-0.2, 0) is 5.54 Å². The van der Waals surface area contributed by atoms with Crippen LogP contribution in [0.4, 0.5) is 5.69 Å². The summed E-state index contributed by atoms with van der Waals surface area (Å²) in [5.74, 6) is 0.697. The van der Waals surface area contributed by atoms with Gasteiger partial charge in [0.2, 0.25) is 0 Å². The van der Waals surface area contributed by atoms with Crippen LogP contribution in [0, 0.1) is 12.8 Å². The van der Waals surface area contributed by atoms with E-state index in [0.29, 0.717) is 24.2 Å². The van der Waals surface area contributed by atoms with Crippen LogP contribution in [-0.4, -0.2) is 17.1 Å². The molecular weight excluding hydrogens is 400 g/mol. The lowest BCUT2D eigenvalue weighted by Crippen LogP contribution is -2.52. The molecule has 0 amide bonds. The molecule has 0 aromatic heterocycles. The Morgan fingerprint density at radius 2 is 1.45 bits per heavy atom. The first-order valence-electron chi connectivity index (χ1n) is 12.9. The Kier molecular flexibility index (Phi) is 5.10. The van der Waals surface area contributed by atoms with Crippen LogP contribution in [0.2, 0.25) is 0 Å². The molecule has 1 aliphatic carbocycles. The highest BCUT2D eigenvalue weighted by Gasteiger charge is 2.60. The standard InChI is InChI=1S/C31H36N2/c1-22-14-10-13-21-28(22)32-23(2)29-26-19-11-12-20-27(26)31(3,25-17-8-5-9-18-25)33(29)30(32)24-15-6-4-7-16-24/h5,8-14,17-21,23-24,29-30H,4,6-7,15-16H2,1-3H3/t23-,29?,30?,31?/m0/s1. The molecule has 2 nitrogen and oxygen atoms in total. The van der Waals surface area contributed by atoms with Gasteiger partial charge in [-0.1, -0.05) is 92.1 Å². The van der Waals surface area contributed by atoms with Gasteiger partial charge in [-0.15, -0.1) is 0 Å². The number of benzene rings is 3. The quantitative estimate of drug-likeness (QED) is 0.421. The summed E-state index contributed by atoms with van der Waals surface area (Å²) in [6.45, 7) is 7.25. The van der Waals surface area contributed by atoms with Crippen molar-refractivity contribution in [3.05, 3.63) is 101 Å². The van der Waals surface area contributed by atoms with Crippen molar-refractivity contribution in [2.75, 3.05) is 4.90 Å². The molecule has 4 atom stereocenters. The highest BCUT2D eigenvalue weighted by Crippen LogP contribution is 2.59. The van der Waals surface area contributed by atoms with E-state index in [4.69, 9.17) is 0 Å². The molecular formula is C31H36N2. The van der Waals surface area contributed by atoms with Gasteiger partial charge in [-0.2, -0.15) is 0 Å².